The topological polar surface area (TPSA) is 0 Å². The Morgan fingerprint density at radius 1 is 0.760 bits per heavy atom. The van der Waals surface area contributed by atoms with Crippen molar-refractivity contribution >= 4 is 22.3 Å². The molecule has 0 aromatic heterocycles. The van der Waals surface area contributed by atoms with Crippen LogP contribution in [0.4, 0.5) is 0 Å². The zero-order valence-corrected chi connectivity index (χ0v) is 21.6. The van der Waals surface area contributed by atoms with Crippen LogP contribution in [-0.2, 0) is 0 Å². The molecule has 1 atom stereocenters. The third-order valence-corrected chi connectivity index (χ3v) is 48.0. The first-order chi connectivity index (χ1) is 11.2. The van der Waals surface area contributed by atoms with Crippen LogP contribution in [-0.4, -0.2) is 22.3 Å². The van der Waals surface area contributed by atoms with Crippen molar-refractivity contribution in [1.82, 2.24) is 0 Å². The van der Waals surface area contributed by atoms with Gasteiger partial charge in [-0.25, -0.2) is 0 Å². The van der Waals surface area contributed by atoms with Gasteiger partial charge in [-0.3, -0.25) is 0 Å². The highest BCUT2D eigenvalue weighted by Crippen LogP contribution is 2.52. The summed E-state index contributed by atoms with van der Waals surface area (Å²) in [7, 11) is -3.93. The summed E-state index contributed by atoms with van der Waals surface area (Å²) >= 11 is 0. The summed E-state index contributed by atoms with van der Waals surface area (Å²) in [5.41, 5.74) is 10.6. The van der Waals surface area contributed by atoms with E-state index in [0.29, 0.717) is 0 Å². The number of benzene rings is 1. The maximum Gasteiger partial charge on any atom is 0.0540 e. The number of hydrogen-bond donors (Lipinski definition) is 0. The van der Waals surface area contributed by atoms with Crippen LogP contribution in [0.1, 0.15) is 48.1 Å². The predicted octanol–water partition coefficient (Wildman–Crippen LogP) is 7.26. The van der Waals surface area contributed by atoms with Gasteiger partial charge in [-0.15, -0.1) is 0 Å². The Labute approximate surface area is 159 Å². The minimum Gasteiger partial charge on any atom is -0.0774 e. The molecule has 140 valence electrons. The molecule has 0 saturated heterocycles. The van der Waals surface area contributed by atoms with Gasteiger partial charge in [0.25, 0.3) is 0 Å². The lowest BCUT2D eigenvalue weighted by atomic mass is 9.93. The summed E-state index contributed by atoms with van der Waals surface area (Å²) in [5, 5.41) is 0. The van der Waals surface area contributed by atoms with Crippen molar-refractivity contribution in [2.24, 2.45) is 0 Å². The third kappa shape index (κ3) is 3.44. The zero-order chi connectivity index (χ0) is 19.4. The molecule has 25 heavy (non-hydrogen) atoms. The Kier molecular flexibility index (Phi) is 5.56. The minimum atomic E-state index is -1.42. The van der Waals surface area contributed by atoms with Crippen molar-refractivity contribution < 1.29 is 0 Å². The molecule has 1 aliphatic heterocycles. The monoisotopic (exact) mass is 388 g/mol. The fourth-order valence-corrected chi connectivity index (χ4v) is 54.0. The predicted molar refractivity (Wildman–Crippen MR) is 124 cm³/mol. The molecule has 0 amide bonds. The molecule has 1 aromatic rings. The van der Waals surface area contributed by atoms with Crippen molar-refractivity contribution in [3.63, 3.8) is 0 Å². The molecule has 0 nitrogen and oxygen atoms in total. The lowest BCUT2D eigenvalue weighted by Crippen LogP contribution is -2.75. The molecule has 3 heteroatoms. The van der Waals surface area contributed by atoms with Crippen molar-refractivity contribution in [3.05, 3.63) is 45.5 Å². The zero-order valence-electron chi connectivity index (χ0n) is 18.6. The van der Waals surface area contributed by atoms with Crippen LogP contribution in [0.2, 0.25) is 45.3 Å². The fourth-order valence-electron chi connectivity index (χ4n) is 6.14. The Hall–Kier alpha value is -0.389. The number of aryl methyl sites for hydroxylation is 3. The minimum absolute atomic E-state index is 0.843. The Bertz CT molecular complexity index is 662. The molecule has 0 aliphatic carbocycles. The van der Waals surface area contributed by atoms with Crippen molar-refractivity contribution in [2.45, 2.75) is 91.9 Å². The van der Waals surface area contributed by atoms with Gasteiger partial charge in [0.2, 0.25) is 0 Å². The van der Waals surface area contributed by atoms with E-state index in [9.17, 15) is 0 Å². The normalized spacial score (nSPS) is 21.6. The van der Waals surface area contributed by atoms with E-state index in [4.69, 9.17) is 0 Å². The fraction of sp³-hybridized carbons (Fsp3) is 0.636. The highest BCUT2D eigenvalue weighted by molar-refractivity contribution is 7.69. The van der Waals surface area contributed by atoms with Crippen LogP contribution in [0.25, 0.3) is 0 Å². The second-order valence-electron chi connectivity index (χ2n) is 10.8. The lowest BCUT2D eigenvalue weighted by Gasteiger charge is -2.58. The largest absolute Gasteiger partial charge is 0.0774 e. The van der Waals surface area contributed by atoms with Crippen molar-refractivity contribution in [2.75, 3.05) is 0 Å². The molecule has 0 saturated carbocycles. The van der Waals surface area contributed by atoms with Gasteiger partial charge in [0.1, 0.15) is 0 Å². The van der Waals surface area contributed by atoms with Gasteiger partial charge in [-0.05, 0) is 69.3 Å². The van der Waals surface area contributed by atoms with Gasteiger partial charge in [-0.1, -0.05) is 68.1 Å². The van der Waals surface area contributed by atoms with E-state index < -0.39 is 22.3 Å². The molecule has 1 unspecified atom stereocenters. The molecule has 0 bridgehead atoms. The van der Waals surface area contributed by atoms with Crippen molar-refractivity contribution in [3.8, 4) is 0 Å². The second-order valence-corrected chi connectivity index (χ2v) is 38.6. The number of allylic oxidation sites excluding steroid dienone is 2. The average molecular weight is 389 g/mol. The van der Waals surface area contributed by atoms with E-state index in [1.165, 1.54) is 18.0 Å². The summed E-state index contributed by atoms with van der Waals surface area (Å²) in [4.78, 5) is 0. The first kappa shape index (κ1) is 20.9. The molecule has 0 N–H and O–H groups in total. The SMILES string of the molecule is CC1=C(C)C[Si]([Si](C)(C)C)([Si](C)(C)C)C(c2c(C)cc(C)cc2C)C1. The maximum atomic E-state index is 2.71. The van der Waals surface area contributed by atoms with E-state index in [1.807, 2.05) is 0 Å². The van der Waals surface area contributed by atoms with E-state index in [-0.39, 0.29) is 0 Å². The van der Waals surface area contributed by atoms with E-state index in [0.717, 1.165) is 5.54 Å². The maximum absolute atomic E-state index is 2.71. The van der Waals surface area contributed by atoms with Crippen LogP contribution in [0.5, 0.6) is 0 Å². The average Bonchev–Trinajstić information content (AvgIpc) is 2.38. The van der Waals surface area contributed by atoms with Crippen LogP contribution < -0.4 is 0 Å². The summed E-state index contributed by atoms with van der Waals surface area (Å²) in [5.74, 6) is 0. The molecule has 1 aromatic carbocycles. The van der Waals surface area contributed by atoms with Gasteiger partial charge in [0.05, 0.1) is 7.11 Å². The smallest absolute Gasteiger partial charge is 0.0540 e. The van der Waals surface area contributed by atoms with Gasteiger partial charge in [0.15, 0.2) is 0 Å². The van der Waals surface area contributed by atoms with Gasteiger partial charge >= 0.3 is 0 Å². The molecule has 2 rings (SSSR count). The quantitative estimate of drug-likeness (QED) is 0.377. The first-order valence-electron chi connectivity index (χ1n) is 9.95. The molecule has 1 aliphatic rings. The van der Waals surface area contributed by atoms with Crippen LogP contribution in [0, 0.1) is 20.8 Å². The molecular formula is C22H40Si3. The second kappa shape index (κ2) is 6.65. The number of hydrogen-bond acceptors (Lipinski definition) is 0. The van der Waals surface area contributed by atoms with Gasteiger partial charge in [-0.2, -0.15) is 0 Å². The van der Waals surface area contributed by atoms with Crippen LogP contribution in [0.3, 0.4) is 0 Å². The Morgan fingerprint density at radius 2 is 1.20 bits per heavy atom. The van der Waals surface area contributed by atoms with Gasteiger partial charge in [0, 0.05) is 15.2 Å². The molecular weight excluding hydrogens is 349 g/mol. The Morgan fingerprint density at radius 3 is 1.60 bits per heavy atom. The molecule has 0 fully saturated rings. The summed E-state index contributed by atoms with van der Waals surface area (Å²) < 4.78 is 0. The van der Waals surface area contributed by atoms with E-state index >= 15 is 0 Å². The standard InChI is InChI=1S/C22H40Si3/c1-16-12-18(3)22(19(4)13-16)21-14-17(2)20(5)15-25(21,23(6,7)8)24(9,10)11/h12-13,21H,14-15H2,1-11H3. The van der Waals surface area contributed by atoms with Crippen LogP contribution in [0.15, 0.2) is 23.3 Å². The molecule has 0 spiro atoms. The number of rotatable bonds is 3. The summed E-state index contributed by atoms with van der Waals surface area (Å²) in [6.07, 6.45) is 1.33. The molecule has 0 radical (unpaired) electrons. The van der Waals surface area contributed by atoms with E-state index in [1.54, 1.807) is 27.8 Å². The molecule has 1 heterocycles. The van der Waals surface area contributed by atoms with Crippen molar-refractivity contribution in [1.29, 1.82) is 0 Å². The highest BCUT2D eigenvalue weighted by Gasteiger charge is 2.60. The first-order valence-corrected chi connectivity index (χ1v) is 21.2. The lowest BCUT2D eigenvalue weighted by molar-refractivity contribution is 0.820. The summed E-state index contributed by atoms with van der Waals surface area (Å²) in [6.45, 7) is 28.1. The Balaban J connectivity index is 2.85. The third-order valence-electron chi connectivity index (χ3n) is 7.14. The van der Waals surface area contributed by atoms with Gasteiger partial charge < -0.3 is 0 Å². The highest BCUT2D eigenvalue weighted by atomic mass is 29.6. The van der Waals surface area contributed by atoms with E-state index in [2.05, 4.69) is 86.0 Å². The van der Waals surface area contributed by atoms with Crippen LogP contribution >= 0.6 is 0 Å². The summed E-state index contributed by atoms with van der Waals surface area (Å²) in [6, 6.07) is 6.36.